The summed E-state index contributed by atoms with van der Waals surface area (Å²) in [6.45, 7) is 4.28. The number of anilines is 1. The molecule has 0 bridgehead atoms. The molecule has 0 aromatic heterocycles. The number of rotatable bonds is 5. The predicted molar refractivity (Wildman–Crippen MR) is 89.9 cm³/mol. The molecular weight excluding hydrogens is 350 g/mol. The van der Waals surface area contributed by atoms with Crippen molar-refractivity contribution in [1.82, 2.24) is 0 Å². The highest BCUT2D eigenvalue weighted by molar-refractivity contribution is 9.10. The van der Waals surface area contributed by atoms with Crippen molar-refractivity contribution in [1.29, 1.82) is 0 Å². The molecule has 0 fully saturated rings. The van der Waals surface area contributed by atoms with E-state index in [1.165, 1.54) is 0 Å². The molecule has 2 rings (SSSR count). The van der Waals surface area contributed by atoms with E-state index in [0.29, 0.717) is 11.6 Å². The van der Waals surface area contributed by atoms with Gasteiger partial charge >= 0.3 is 0 Å². The fourth-order valence-corrected chi connectivity index (χ4v) is 3.49. The number of hydrogen-bond acceptors (Lipinski definition) is 2. The summed E-state index contributed by atoms with van der Waals surface area (Å²) in [7, 11) is -3.55. The van der Waals surface area contributed by atoms with Gasteiger partial charge in [-0.1, -0.05) is 48.0 Å². The van der Waals surface area contributed by atoms with Gasteiger partial charge in [-0.2, -0.15) is 0 Å². The average molecular weight is 368 g/mol. The Morgan fingerprint density at radius 3 is 2.33 bits per heavy atom. The summed E-state index contributed by atoms with van der Waals surface area (Å²) in [6.07, 6.45) is 0.944. The third-order valence-corrected chi connectivity index (χ3v) is 4.84. The maximum Gasteiger partial charge on any atom is 0.261 e. The highest BCUT2D eigenvalue weighted by Crippen LogP contribution is 2.20. The Morgan fingerprint density at radius 2 is 1.76 bits per heavy atom. The SMILES string of the molecule is CC(C)Cc1ccc(S(=O)(=O)Nc2cccc(Br)c2)cc1. The molecule has 0 spiro atoms. The predicted octanol–water partition coefficient (Wildman–Crippen LogP) is 4.45. The molecule has 1 N–H and O–H groups in total. The van der Waals surface area contributed by atoms with E-state index in [1.807, 2.05) is 18.2 Å². The van der Waals surface area contributed by atoms with Crippen molar-refractivity contribution in [3.8, 4) is 0 Å². The molecule has 0 aliphatic carbocycles. The lowest BCUT2D eigenvalue weighted by Gasteiger charge is -2.10. The zero-order valence-electron chi connectivity index (χ0n) is 12.0. The number of halogens is 1. The summed E-state index contributed by atoms with van der Waals surface area (Å²) in [5.74, 6) is 0.548. The average Bonchev–Trinajstić information content (AvgIpc) is 2.38. The molecule has 21 heavy (non-hydrogen) atoms. The molecule has 2 aromatic rings. The first-order valence-electron chi connectivity index (χ1n) is 6.74. The van der Waals surface area contributed by atoms with E-state index in [0.717, 1.165) is 16.5 Å². The number of sulfonamides is 1. The summed E-state index contributed by atoms with van der Waals surface area (Å²) in [5, 5.41) is 0. The van der Waals surface area contributed by atoms with E-state index < -0.39 is 10.0 Å². The summed E-state index contributed by atoms with van der Waals surface area (Å²) >= 11 is 3.32. The van der Waals surface area contributed by atoms with Crippen molar-refractivity contribution in [3.63, 3.8) is 0 Å². The molecule has 5 heteroatoms. The van der Waals surface area contributed by atoms with Gasteiger partial charge in [0.25, 0.3) is 10.0 Å². The second kappa shape index (κ2) is 6.62. The van der Waals surface area contributed by atoms with Crippen molar-refractivity contribution < 1.29 is 8.42 Å². The molecule has 0 unspecified atom stereocenters. The molecule has 0 saturated heterocycles. The van der Waals surface area contributed by atoms with Gasteiger partial charge in [0.2, 0.25) is 0 Å². The molecule has 0 saturated carbocycles. The van der Waals surface area contributed by atoms with Crippen LogP contribution in [0.5, 0.6) is 0 Å². The molecule has 112 valence electrons. The smallest absolute Gasteiger partial charge is 0.261 e. The van der Waals surface area contributed by atoms with Crippen LogP contribution in [0.4, 0.5) is 5.69 Å². The lowest BCUT2D eigenvalue weighted by Crippen LogP contribution is -2.13. The van der Waals surface area contributed by atoms with E-state index in [2.05, 4.69) is 34.5 Å². The molecule has 2 aromatic carbocycles. The molecule has 0 atom stereocenters. The summed E-state index contributed by atoms with van der Waals surface area (Å²) in [4.78, 5) is 0.273. The quantitative estimate of drug-likeness (QED) is 0.848. The highest BCUT2D eigenvalue weighted by atomic mass is 79.9. The fraction of sp³-hybridized carbons (Fsp3) is 0.250. The Morgan fingerprint density at radius 1 is 1.10 bits per heavy atom. The van der Waals surface area contributed by atoms with Crippen molar-refractivity contribution in [2.45, 2.75) is 25.2 Å². The summed E-state index contributed by atoms with van der Waals surface area (Å²) < 4.78 is 28.0. The third kappa shape index (κ3) is 4.58. The van der Waals surface area contributed by atoms with Crippen molar-refractivity contribution >= 4 is 31.6 Å². The number of benzene rings is 2. The monoisotopic (exact) mass is 367 g/mol. The largest absolute Gasteiger partial charge is 0.280 e. The minimum atomic E-state index is -3.55. The first-order chi connectivity index (χ1) is 9.87. The summed E-state index contributed by atoms with van der Waals surface area (Å²) in [5.41, 5.74) is 1.68. The first-order valence-corrected chi connectivity index (χ1v) is 9.02. The van der Waals surface area contributed by atoms with E-state index in [-0.39, 0.29) is 4.90 Å². The van der Waals surface area contributed by atoms with Gasteiger partial charge < -0.3 is 0 Å². The van der Waals surface area contributed by atoms with Crippen molar-refractivity contribution in [3.05, 3.63) is 58.6 Å². The van der Waals surface area contributed by atoms with Gasteiger partial charge in [0, 0.05) is 10.2 Å². The van der Waals surface area contributed by atoms with E-state index >= 15 is 0 Å². The van der Waals surface area contributed by atoms with E-state index in [4.69, 9.17) is 0 Å². The van der Waals surface area contributed by atoms with Gasteiger partial charge in [0.05, 0.1) is 4.90 Å². The van der Waals surface area contributed by atoms with Gasteiger partial charge in [-0.05, 0) is 48.2 Å². The lowest BCUT2D eigenvalue weighted by molar-refractivity contribution is 0.601. The van der Waals surface area contributed by atoms with Crippen LogP contribution >= 0.6 is 15.9 Å². The Labute approximate surface area is 134 Å². The third-order valence-electron chi connectivity index (χ3n) is 2.95. The maximum atomic E-state index is 12.3. The van der Waals surface area contributed by atoms with Crippen LogP contribution in [-0.4, -0.2) is 8.42 Å². The minimum Gasteiger partial charge on any atom is -0.280 e. The zero-order chi connectivity index (χ0) is 15.5. The Kier molecular flexibility index (Phi) is 5.06. The van der Waals surface area contributed by atoms with Crippen LogP contribution in [0.25, 0.3) is 0 Å². The van der Waals surface area contributed by atoms with Gasteiger partial charge in [-0.3, -0.25) is 4.72 Å². The van der Waals surface area contributed by atoms with Crippen LogP contribution in [0.1, 0.15) is 19.4 Å². The fourth-order valence-electron chi connectivity index (χ4n) is 2.04. The van der Waals surface area contributed by atoms with Crippen LogP contribution in [0.15, 0.2) is 57.9 Å². The number of nitrogens with one attached hydrogen (secondary N) is 1. The van der Waals surface area contributed by atoms with Crippen LogP contribution in [0, 0.1) is 5.92 Å². The topological polar surface area (TPSA) is 46.2 Å². The molecule has 3 nitrogen and oxygen atoms in total. The molecular formula is C16H18BrNO2S. The van der Waals surface area contributed by atoms with Gasteiger partial charge in [0.1, 0.15) is 0 Å². The standard InChI is InChI=1S/C16H18BrNO2S/c1-12(2)10-13-6-8-16(9-7-13)21(19,20)18-15-5-3-4-14(17)11-15/h3-9,11-12,18H,10H2,1-2H3. The Balaban J connectivity index is 2.19. The lowest BCUT2D eigenvalue weighted by atomic mass is 10.0. The molecule has 0 aliphatic heterocycles. The summed E-state index contributed by atoms with van der Waals surface area (Å²) in [6, 6.07) is 14.1. The number of hydrogen-bond donors (Lipinski definition) is 1. The Bertz CT molecular complexity index is 709. The van der Waals surface area contributed by atoms with Crippen LogP contribution in [0.3, 0.4) is 0 Å². The Hall–Kier alpha value is -1.33. The zero-order valence-corrected chi connectivity index (χ0v) is 14.4. The highest BCUT2D eigenvalue weighted by Gasteiger charge is 2.14. The van der Waals surface area contributed by atoms with Gasteiger partial charge in [-0.25, -0.2) is 8.42 Å². The second-order valence-corrected chi connectivity index (χ2v) is 7.96. The van der Waals surface area contributed by atoms with Gasteiger partial charge in [-0.15, -0.1) is 0 Å². The second-order valence-electron chi connectivity index (χ2n) is 5.36. The van der Waals surface area contributed by atoms with Crippen LogP contribution < -0.4 is 4.72 Å². The normalized spacial score (nSPS) is 11.6. The molecule has 0 aliphatic rings. The molecule has 0 amide bonds. The molecule has 0 radical (unpaired) electrons. The van der Waals surface area contributed by atoms with Crippen molar-refractivity contribution in [2.75, 3.05) is 4.72 Å². The van der Waals surface area contributed by atoms with E-state index in [9.17, 15) is 8.42 Å². The van der Waals surface area contributed by atoms with Crippen LogP contribution in [-0.2, 0) is 16.4 Å². The minimum absolute atomic E-state index is 0.273. The van der Waals surface area contributed by atoms with E-state index in [1.54, 1.807) is 30.3 Å². The van der Waals surface area contributed by atoms with Crippen molar-refractivity contribution in [2.24, 2.45) is 5.92 Å². The maximum absolute atomic E-state index is 12.3. The van der Waals surface area contributed by atoms with Gasteiger partial charge in [0.15, 0.2) is 0 Å². The molecule has 0 heterocycles. The van der Waals surface area contributed by atoms with Crippen LogP contribution in [0.2, 0.25) is 0 Å². The first kappa shape index (κ1) is 16.0.